The molecule has 7 heteroatoms. The van der Waals surface area contributed by atoms with Gasteiger partial charge in [-0.2, -0.15) is 0 Å². The zero-order chi connectivity index (χ0) is 21.2. The van der Waals surface area contributed by atoms with Gasteiger partial charge >= 0.3 is 12.1 Å². The van der Waals surface area contributed by atoms with Crippen molar-refractivity contribution >= 4 is 18.0 Å². The number of esters is 1. The van der Waals surface area contributed by atoms with Crippen molar-refractivity contribution < 1.29 is 23.9 Å². The molecule has 2 aliphatic rings. The Bertz CT molecular complexity index is 758. The van der Waals surface area contributed by atoms with E-state index in [1.807, 2.05) is 18.2 Å². The number of rotatable bonds is 4. The lowest BCUT2D eigenvalue weighted by atomic mass is 9.86. The quantitative estimate of drug-likeness (QED) is 0.783. The van der Waals surface area contributed by atoms with Crippen LogP contribution in [0.4, 0.5) is 4.79 Å². The number of hydrogen-bond acceptors (Lipinski definition) is 5. The fraction of sp³-hybridized carbons (Fsp3) is 0.591. The van der Waals surface area contributed by atoms with E-state index in [0.717, 1.165) is 12.8 Å². The summed E-state index contributed by atoms with van der Waals surface area (Å²) in [7, 11) is 1.34. The van der Waals surface area contributed by atoms with Crippen molar-refractivity contribution in [1.82, 2.24) is 10.2 Å². The topological polar surface area (TPSA) is 84.9 Å². The Morgan fingerprint density at radius 1 is 1.17 bits per heavy atom. The Kier molecular flexibility index (Phi) is 6.15. The van der Waals surface area contributed by atoms with E-state index in [1.54, 1.807) is 25.7 Å². The summed E-state index contributed by atoms with van der Waals surface area (Å²) in [6.45, 7) is 5.31. The van der Waals surface area contributed by atoms with Crippen molar-refractivity contribution in [3.8, 4) is 0 Å². The number of carbonyl (C=O) groups is 3. The maximum atomic E-state index is 13.2. The van der Waals surface area contributed by atoms with Gasteiger partial charge in [0, 0.05) is 6.04 Å². The van der Waals surface area contributed by atoms with Gasteiger partial charge in [0.25, 0.3) is 0 Å². The van der Waals surface area contributed by atoms with Gasteiger partial charge in [-0.15, -0.1) is 0 Å². The van der Waals surface area contributed by atoms with E-state index in [9.17, 15) is 14.4 Å². The normalized spacial score (nSPS) is 26.6. The summed E-state index contributed by atoms with van der Waals surface area (Å²) < 4.78 is 10.3. The van der Waals surface area contributed by atoms with Crippen LogP contribution in [0.5, 0.6) is 0 Å². The summed E-state index contributed by atoms with van der Waals surface area (Å²) in [4.78, 5) is 39.4. The molecule has 4 atom stereocenters. The zero-order valence-corrected chi connectivity index (χ0v) is 17.5. The van der Waals surface area contributed by atoms with Crippen LogP contribution < -0.4 is 5.32 Å². The molecule has 0 aliphatic carbocycles. The molecule has 2 fully saturated rings. The third kappa shape index (κ3) is 4.89. The van der Waals surface area contributed by atoms with Gasteiger partial charge in [-0.3, -0.25) is 4.79 Å². The number of hydrogen-bond donors (Lipinski definition) is 1. The number of alkyl carbamates (subject to hydrolysis) is 1. The number of nitrogens with one attached hydrogen (secondary N) is 1. The van der Waals surface area contributed by atoms with Crippen LogP contribution in [0.3, 0.4) is 0 Å². The fourth-order valence-electron chi connectivity index (χ4n) is 4.41. The van der Waals surface area contributed by atoms with Crippen LogP contribution in [0.1, 0.15) is 45.6 Å². The first-order chi connectivity index (χ1) is 13.7. The number of amides is 2. The lowest BCUT2D eigenvalue weighted by Gasteiger charge is -2.38. The molecule has 2 saturated heterocycles. The Labute approximate surface area is 171 Å². The number of fused-ring (bicyclic) bond motifs is 1. The highest BCUT2D eigenvalue weighted by Crippen LogP contribution is 2.39. The van der Waals surface area contributed by atoms with Crippen LogP contribution in [0.25, 0.3) is 0 Å². The molecule has 0 bridgehead atoms. The molecule has 7 nitrogen and oxygen atoms in total. The first-order valence-corrected chi connectivity index (χ1v) is 10.1. The molecule has 2 heterocycles. The Balaban J connectivity index is 1.75. The van der Waals surface area contributed by atoms with Crippen molar-refractivity contribution in [3.63, 3.8) is 0 Å². The highest BCUT2D eigenvalue weighted by molar-refractivity contribution is 5.91. The summed E-state index contributed by atoms with van der Waals surface area (Å²) in [5, 5.41) is 2.68. The van der Waals surface area contributed by atoms with Gasteiger partial charge in [0.05, 0.1) is 7.11 Å². The van der Waals surface area contributed by atoms with E-state index in [-0.39, 0.29) is 17.9 Å². The number of carbonyl (C=O) groups excluding carboxylic acids is 3. The predicted octanol–water partition coefficient (Wildman–Crippen LogP) is 2.67. The summed E-state index contributed by atoms with van der Waals surface area (Å²) >= 11 is 0. The second-order valence-corrected chi connectivity index (χ2v) is 8.81. The smallest absolute Gasteiger partial charge is 0.408 e. The van der Waals surface area contributed by atoms with Crippen molar-refractivity contribution in [2.24, 2.45) is 5.92 Å². The van der Waals surface area contributed by atoms with Crippen molar-refractivity contribution in [1.29, 1.82) is 0 Å². The second kappa shape index (κ2) is 8.43. The average Bonchev–Trinajstić information content (AvgIpc) is 3.02. The largest absolute Gasteiger partial charge is 0.467 e. The first kappa shape index (κ1) is 21.1. The molecule has 29 heavy (non-hydrogen) atoms. The lowest BCUT2D eigenvalue weighted by molar-refractivity contribution is -0.154. The maximum Gasteiger partial charge on any atom is 0.408 e. The standard InChI is InChI=1S/C22H30N2O5/c1-22(2,3)29-21(27)23-16-10-11-17-15(12-14-8-6-5-7-9-14)13-18(20(26)28-4)24(17)19(16)25/h5-9,15-18H,10-13H2,1-4H3,(H,23,27)/t15-,16+,17+,18-/m1/s1. The van der Waals surface area contributed by atoms with Gasteiger partial charge in [-0.05, 0) is 57.9 Å². The first-order valence-electron chi connectivity index (χ1n) is 10.1. The van der Waals surface area contributed by atoms with E-state index in [1.165, 1.54) is 12.7 Å². The number of nitrogens with zero attached hydrogens (tertiary/aromatic N) is 1. The molecular formula is C22H30N2O5. The molecule has 0 aromatic heterocycles. The minimum Gasteiger partial charge on any atom is -0.467 e. The molecule has 0 radical (unpaired) electrons. The lowest BCUT2D eigenvalue weighted by Crippen LogP contribution is -2.58. The molecule has 1 N–H and O–H groups in total. The molecular weight excluding hydrogens is 372 g/mol. The molecule has 2 aliphatic heterocycles. The van der Waals surface area contributed by atoms with Crippen molar-refractivity contribution in [2.45, 2.75) is 70.2 Å². The van der Waals surface area contributed by atoms with Crippen LogP contribution in [0, 0.1) is 5.92 Å². The molecule has 3 rings (SSSR count). The Morgan fingerprint density at radius 2 is 1.86 bits per heavy atom. The number of benzene rings is 1. The highest BCUT2D eigenvalue weighted by Gasteiger charge is 2.51. The van der Waals surface area contributed by atoms with Crippen LogP contribution in [0.15, 0.2) is 30.3 Å². The summed E-state index contributed by atoms with van der Waals surface area (Å²) in [5.74, 6) is -0.470. The van der Waals surface area contributed by atoms with E-state index in [4.69, 9.17) is 9.47 Å². The second-order valence-electron chi connectivity index (χ2n) is 8.81. The number of piperidine rings is 1. The SMILES string of the molecule is COC(=O)[C@H]1C[C@@H](Cc2ccccc2)[C@@H]2CC[C@H](NC(=O)OC(C)(C)C)C(=O)N12. The summed E-state index contributed by atoms with van der Waals surface area (Å²) in [6, 6.07) is 8.74. The van der Waals surface area contributed by atoms with Crippen LogP contribution in [0.2, 0.25) is 0 Å². The third-order valence-electron chi connectivity index (χ3n) is 5.57. The fourth-order valence-corrected chi connectivity index (χ4v) is 4.41. The predicted molar refractivity (Wildman–Crippen MR) is 107 cm³/mol. The summed E-state index contributed by atoms with van der Waals surface area (Å²) in [6.07, 6.45) is 1.99. The number of methoxy groups -OCH3 is 1. The molecule has 1 aromatic carbocycles. The van der Waals surface area contributed by atoms with E-state index in [2.05, 4.69) is 17.4 Å². The highest BCUT2D eigenvalue weighted by atomic mass is 16.6. The number of ether oxygens (including phenoxy) is 2. The van der Waals surface area contributed by atoms with Gasteiger partial charge in [-0.1, -0.05) is 30.3 Å². The van der Waals surface area contributed by atoms with E-state index < -0.39 is 29.7 Å². The summed E-state index contributed by atoms with van der Waals surface area (Å²) in [5.41, 5.74) is 0.539. The van der Waals surface area contributed by atoms with Gasteiger partial charge in [0.1, 0.15) is 17.7 Å². The Hall–Kier alpha value is -2.57. The van der Waals surface area contributed by atoms with Crippen molar-refractivity contribution in [3.05, 3.63) is 35.9 Å². The van der Waals surface area contributed by atoms with Gasteiger partial charge in [0.2, 0.25) is 5.91 Å². The van der Waals surface area contributed by atoms with Gasteiger partial charge < -0.3 is 19.7 Å². The van der Waals surface area contributed by atoms with Crippen LogP contribution in [-0.2, 0) is 25.5 Å². The Morgan fingerprint density at radius 3 is 2.48 bits per heavy atom. The molecule has 0 saturated carbocycles. The monoisotopic (exact) mass is 402 g/mol. The minimum atomic E-state index is -0.691. The van der Waals surface area contributed by atoms with Gasteiger partial charge in [-0.25, -0.2) is 9.59 Å². The molecule has 0 unspecified atom stereocenters. The zero-order valence-electron chi connectivity index (χ0n) is 17.5. The van der Waals surface area contributed by atoms with Gasteiger partial charge in [0.15, 0.2) is 0 Å². The van der Waals surface area contributed by atoms with E-state index >= 15 is 0 Å². The maximum absolute atomic E-state index is 13.2. The minimum absolute atomic E-state index is 0.0384. The molecule has 2 amide bonds. The molecule has 0 spiro atoms. The van der Waals surface area contributed by atoms with E-state index in [0.29, 0.717) is 12.8 Å². The molecule has 158 valence electrons. The van der Waals surface area contributed by atoms with Crippen LogP contribution >= 0.6 is 0 Å². The van der Waals surface area contributed by atoms with Crippen LogP contribution in [-0.4, -0.2) is 53.7 Å². The average molecular weight is 402 g/mol. The molecule has 1 aromatic rings. The third-order valence-corrected chi connectivity index (χ3v) is 5.57. The van der Waals surface area contributed by atoms with Crippen molar-refractivity contribution in [2.75, 3.05) is 7.11 Å².